The van der Waals surface area contributed by atoms with Gasteiger partial charge < -0.3 is 4.74 Å². The lowest BCUT2D eigenvalue weighted by molar-refractivity contribution is 0.104. The van der Waals surface area contributed by atoms with Crippen LogP contribution in [-0.4, -0.2) is 12.9 Å². The Balaban J connectivity index is 2.22. The van der Waals surface area contributed by atoms with Crippen molar-refractivity contribution in [2.24, 2.45) is 0 Å². The van der Waals surface area contributed by atoms with Crippen LogP contribution in [0.4, 0.5) is 0 Å². The van der Waals surface area contributed by atoms with Crippen molar-refractivity contribution < 1.29 is 9.53 Å². The molecule has 2 nitrogen and oxygen atoms in total. The van der Waals surface area contributed by atoms with Crippen LogP contribution in [0.15, 0.2) is 53.0 Å². The van der Waals surface area contributed by atoms with Gasteiger partial charge in [-0.05, 0) is 54.6 Å². The summed E-state index contributed by atoms with van der Waals surface area (Å²) in [5.74, 6) is 0.636. The number of carbonyl (C=O) groups excluding carboxylic acids is 1. The van der Waals surface area contributed by atoms with E-state index in [-0.39, 0.29) is 5.78 Å². The second kappa shape index (κ2) is 6.73. The van der Waals surface area contributed by atoms with Crippen LogP contribution in [0, 0.1) is 0 Å². The minimum absolute atomic E-state index is 0.0799. The first-order valence-electron chi connectivity index (χ1n) is 5.91. The number of hydrogen-bond acceptors (Lipinski definition) is 2. The molecular formula is C16H12BrClO2. The standard InChI is InChI=1S/C16H12BrClO2/c1-20-16-9-5-13(17)10-12(16)4-8-15(19)11-2-6-14(18)7-3-11/h2-10H,1H3/b8-4+. The molecule has 0 aliphatic heterocycles. The number of carbonyl (C=O) groups is 1. The quantitative estimate of drug-likeness (QED) is 0.572. The molecule has 0 heterocycles. The Labute approximate surface area is 131 Å². The summed E-state index contributed by atoms with van der Waals surface area (Å²) in [6.45, 7) is 0. The Hall–Kier alpha value is -1.58. The zero-order valence-electron chi connectivity index (χ0n) is 10.8. The van der Waals surface area contributed by atoms with E-state index in [4.69, 9.17) is 16.3 Å². The third kappa shape index (κ3) is 3.71. The molecule has 0 bridgehead atoms. The summed E-state index contributed by atoms with van der Waals surface area (Å²) in [5.41, 5.74) is 1.43. The molecule has 0 fully saturated rings. The van der Waals surface area contributed by atoms with Crippen LogP contribution >= 0.6 is 27.5 Å². The first kappa shape index (κ1) is 14.8. The molecule has 0 saturated carbocycles. The number of methoxy groups -OCH3 is 1. The maximum absolute atomic E-state index is 12.0. The first-order valence-corrected chi connectivity index (χ1v) is 7.09. The first-order chi connectivity index (χ1) is 9.60. The zero-order valence-corrected chi connectivity index (χ0v) is 13.1. The van der Waals surface area contributed by atoms with Crippen LogP contribution < -0.4 is 4.74 Å². The molecule has 0 aliphatic carbocycles. The average molecular weight is 352 g/mol. The summed E-state index contributed by atoms with van der Waals surface area (Å²) in [6, 6.07) is 12.4. The molecule has 4 heteroatoms. The van der Waals surface area contributed by atoms with Crippen LogP contribution in [0.2, 0.25) is 5.02 Å². The summed E-state index contributed by atoms with van der Waals surface area (Å²) in [4.78, 5) is 12.0. The summed E-state index contributed by atoms with van der Waals surface area (Å²) in [6.07, 6.45) is 3.26. The van der Waals surface area contributed by atoms with Gasteiger partial charge in [0, 0.05) is 20.6 Å². The van der Waals surface area contributed by atoms with Crippen LogP contribution in [0.25, 0.3) is 6.08 Å². The predicted octanol–water partition coefficient (Wildman–Crippen LogP) is 5.01. The molecular weight excluding hydrogens is 340 g/mol. The smallest absolute Gasteiger partial charge is 0.185 e. The summed E-state index contributed by atoms with van der Waals surface area (Å²) < 4.78 is 6.18. The highest BCUT2D eigenvalue weighted by atomic mass is 79.9. The Kier molecular flexibility index (Phi) is 4.99. The third-order valence-electron chi connectivity index (χ3n) is 2.73. The van der Waals surface area contributed by atoms with Crippen molar-refractivity contribution in [1.29, 1.82) is 0 Å². The molecule has 0 unspecified atom stereocenters. The van der Waals surface area contributed by atoms with Crippen molar-refractivity contribution in [2.75, 3.05) is 7.11 Å². The highest BCUT2D eigenvalue weighted by molar-refractivity contribution is 9.10. The Morgan fingerprint density at radius 1 is 1.20 bits per heavy atom. The Morgan fingerprint density at radius 3 is 2.55 bits per heavy atom. The van der Waals surface area contributed by atoms with E-state index < -0.39 is 0 Å². The molecule has 0 saturated heterocycles. The van der Waals surface area contributed by atoms with Crippen LogP contribution in [0.1, 0.15) is 15.9 Å². The van der Waals surface area contributed by atoms with E-state index in [0.29, 0.717) is 16.3 Å². The van der Waals surface area contributed by atoms with Crippen LogP contribution in [-0.2, 0) is 0 Å². The van der Waals surface area contributed by atoms with Crippen LogP contribution in [0.3, 0.4) is 0 Å². The molecule has 0 N–H and O–H groups in total. The third-order valence-corrected chi connectivity index (χ3v) is 3.48. The van der Waals surface area contributed by atoms with Crippen molar-refractivity contribution in [2.45, 2.75) is 0 Å². The molecule has 0 amide bonds. The topological polar surface area (TPSA) is 26.3 Å². The lowest BCUT2D eigenvalue weighted by Crippen LogP contribution is -1.93. The van der Waals surface area contributed by atoms with E-state index >= 15 is 0 Å². The largest absolute Gasteiger partial charge is 0.496 e. The number of ketones is 1. The molecule has 2 aromatic carbocycles. The van der Waals surface area contributed by atoms with Gasteiger partial charge in [0.1, 0.15) is 5.75 Å². The van der Waals surface area contributed by atoms with Gasteiger partial charge >= 0.3 is 0 Å². The van der Waals surface area contributed by atoms with Crippen molar-refractivity contribution in [3.8, 4) is 5.75 Å². The lowest BCUT2D eigenvalue weighted by atomic mass is 10.1. The van der Waals surface area contributed by atoms with E-state index in [9.17, 15) is 4.79 Å². The SMILES string of the molecule is COc1ccc(Br)cc1/C=C/C(=O)c1ccc(Cl)cc1. The predicted molar refractivity (Wildman–Crippen MR) is 85.5 cm³/mol. The molecule has 20 heavy (non-hydrogen) atoms. The normalized spacial score (nSPS) is 10.8. The van der Waals surface area contributed by atoms with E-state index in [2.05, 4.69) is 15.9 Å². The second-order valence-electron chi connectivity index (χ2n) is 4.09. The van der Waals surface area contributed by atoms with Gasteiger partial charge in [-0.2, -0.15) is 0 Å². The molecule has 0 spiro atoms. The van der Waals surface area contributed by atoms with Gasteiger partial charge in [0.2, 0.25) is 0 Å². The monoisotopic (exact) mass is 350 g/mol. The zero-order chi connectivity index (χ0) is 14.5. The molecule has 102 valence electrons. The average Bonchev–Trinajstić information content (AvgIpc) is 2.45. The molecule has 0 aromatic heterocycles. The van der Waals surface area contributed by atoms with Gasteiger partial charge in [-0.1, -0.05) is 27.5 Å². The minimum atomic E-state index is -0.0799. The molecule has 2 rings (SSSR count). The van der Waals surface area contributed by atoms with Crippen molar-refractivity contribution in [1.82, 2.24) is 0 Å². The number of rotatable bonds is 4. The summed E-state index contributed by atoms with van der Waals surface area (Å²) >= 11 is 9.19. The number of benzene rings is 2. The highest BCUT2D eigenvalue weighted by Gasteiger charge is 2.04. The number of allylic oxidation sites excluding steroid dienone is 1. The van der Waals surface area contributed by atoms with Crippen molar-refractivity contribution >= 4 is 39.4 Å². The van der Waals surface area contributed by atoms with Gasteiger partial charge in [-0.25, -0.2) is 0 Å². The van der Waals surface area contributed by atoms with Crippen molar-refractivity contribution in [3.63, 3.8) is 0 Å². The van der Waals surface area contributed by atoms with Gasteiger partial charge in [-0.15, -0.1) is 0 Å². The van der Waals surface area contributed by atoms with Gasteiger partial charge in [0.25, 0.3) is 0 Å². The number of ether oxygens (including phenoxy) is 1. The van der Waals surface area contributed by atoms with Gasteiger partial charge in [0.05, 0.1) is 7.11 Å². The Morgan fingerprint density at radius 2 is 1.90 bits per heavy atom. The number of halogens is 2. The van der Waals surface area contributed by atoms with E-state index in [1.807, 2.05) is 18.2 Å². The molecule has 0 radical (unpaired) electrons. The second-order valence-corrected chi connectivity index (χ2v) is 5.44. The number of hydrogen-bond donors (Lipinski definition) is 0. The fraction of sp³-hybridized carbons (Fsp3) is 0.0625. The highest BCUT2D eigenvalue weighted by Crippen LogP contribution is 2.24. The van der Waals surface area contributed by atoms with Gasteiger partial charge in [0.15, 0.2) is 5.78 Å². The molecule has 0 aliphatic rings. The lowest BCUT2D eigenvalue weighted by Gasteiger charge is -2.04. The summed E-state index contributed by atoms with van der Waals surface area (Å²) in [7, 11) is 1.60. The van der Waals surface area contributed by atoms with Gasteiger partial charge in [-0.3, -0.25) is 4.79 Å². The summed E-state index contributed by atoms with van der Waals surface area (Å²) in [5, 5.41) is 0.610. The Bertz CT molecular complexity index is 648. The van der Waals surface area contributed by atoms with Crippen LogP contribution in [0.5, 0.6) is 5.75 Å². The fourth-order valence-electron chi connectivity index (χ4n) is 1.71. The molecule has 2 aromatic rings. The maximum Gasteiger partial charge on any atom is 0.185 e. The van der Waals surface area contributed by atoms with E-state index in [1.165, 1.54) is 6.08 Å². The minimum Gasteiger partial charge on any atom is -0.496 e. The van der Waals surface area contributed by atoms with E-state index in [1.54, 1.807) is 37.5 Å². The maximum atomic E-state index is 12.0. The fourth-order valence-corrected chi connectivity index (χ4v) is 2.22. The van der Waals surface area contributed by atoms with Crippen molar-refractivity contribution in [3.05, 3.63) is 69.2 Å². The van der Waals surface area contributed by atoms with E-state index in [0.717, 1.165) is 10.0 Å². The molecule has 0 atom stereocenters.